The van der Waals surface area contributed by atoms with Crippen LogP contribution in [0.25, 0.3) is 0 Å². The maximum atomic E-state index is 12.7. The van der Waals surface area contributed by atoms with Gasteiger partial charge in [-0.2, -0.15) is 0 Å². The standard InChI is InChI=1S/C23H28N2O2/c1-15(2)20-7-5-6-17(4)22(20)25-14-19(12-21(25)26)23(27)24-13-18-10-8-16(3)9-11-18/h5-11,15,19H,12-14H2,1-4H3,(H,24,27). The van der Waals surface area contributed by atoms with Gasteiger partial charge in [-0.1, -0.05) is 61.9 Å². The van der Waals surface area contributed by atoms with E-state index in [4.69, 9.17) is 0 Å². The van der Waals surface area contributed by atoms with Gasteiger partial charge in [0.25, 0.3) is 0 Å². The van der Waals surface area contributed by atoms with Crippen molar-refractivity contribution in [3.63, 3.8) is 0 Å². The van der Waals surface area contributed by atoms with Gasteiger partial charge in [-0.25, -0.2) is 0 Å². The summed E-state index contributed by atoms with van der Waals surface area (Å²) in [5.41, 5.74) is 5.48. The largest absolute Gasteiger partial charge is 0.352 e. The zero-order chi connectivity index (χ0) is 19.6. The lowest BCUT2D eigenvalue weighted by Gasteiger charge is -2.24. The predicted molar refractivity (Wildman–Crippen MR) is 109 cm³/mol. The molecule has 1 unspecified atom stereocenters. The first kappa shape index (κ1) is 19.2. The Hall–Kier alpha value is -2.62. The first-order valence-corrected chi connectivity index (χ1v) is 9.60. The zero-order valence-corrected chi connectivity index (χ0v) is 16.6. The maximum Gasteiger partial charge on any atom is 0.227 e. The van der Waals surface area contributed by atoms with E-state index in [0.29, 0.717) is 19.0 Å². The van der Waals surface area contributed by atoms with Crippen molar-refractivity contribution in [3.8, 4) is 0 Å². The molecular formula is C23H28N2O2. The van der Waals surface area contributed by atoms with Crippen LogP contribution in [0.2, 0.25) is 0 Å². The summed E-state index contributed by atoms with van der Waals surface area (Å²) >= 11 is 0. The number of hydrogen-bond acceptors (Lipinski definition) is 2. The average Bonchev–Trinajstić information content (AvgIpc) is 3.02. The van der Waals surface area contributed by atoms with Gasteiger partial charge in [0.05, 0.1) is 5.92 Å². The molecule has 0 bridgehead atoms. The second kappa shape index (κ2) is 7.95. The number of aryl methyl sites for hydroxylation is 2. The summed E-state index contributed by atoms with van der Waals surface area (Å²) in [6.45, 7) is 9.26. The van der Waals surface area contributed by atoms with Crippen LogP contribution in [-0.2, 0) is 16.1 Å². The number of rotatable bonds is 5. The third-order valence-electron chi connectivity index (χ3n) is 5.24. The van der Waals surface area contributed by atoms with Crippen LogP contribution >= 0.6 is 0 Å². The van der Waals surface area contributed by atoms with E-state index >= 15 is 0 Å². The second-order valence-electron chi connectivity index (χ2n) is 7.78. The Balaban J connectivity index is 1.70. The number of nitrogens with one attached hydrogen (secondary N) is 1. The molecule has 2 aromatic carbocycles. The highest BCUT2D eigenvalue weighted by molar-refractivity contribution is 6.01. The number of benzene rings is 2. The Bertz CT molecular complexity index is 840. The van der Waals surface area contributed by atoms with Gasteiger partial charge in [-0.05, 0) is 36.5 Å². The lowest BCUT2D eigenvalue weighted by molar-refractivity contribution is -0.126. The molecule has 3 rings (SSSR count). The molecule has 1 fully saturated rings. The minimum atomic E-state index is -0.303. The Morgan fingerprint density at radius 2 is 1.85 bits per heavy atom. The summed E-state index contributed by atoms with van der Waals surface area (Å²) in [4.78, 5) is 27.1. The highest BCUT2D eigenvalue weighted by Gasteiger charge is 2.36. The number of carbonyl (C=O) groups is 2. The fourth-order valence-corrected chi connectivity index (χ4v) is 3.66. The third kappa shape index (κ3) is 4.21. The maximum absolute atomic E-state index is 12.7. The Kier molecular flexibility index (Phi) is 5.64. The van der Waals surface area contributed by atoms with E-state index in [1.807, 2.05) is 50.2 Å². The van der Waals surface area contributed by atoms with Crippen LogP contribution in [0, 0.1) is 19.8 Å². The van der Waals surface area contributed by atoms with Crippen LogP contribution < -0.4 is 10.2 Å². The van der Waals surface area contributed by atoms with Crippen LogP contribution in [0.1, 0.15) is 48.4 Å². The van der Waals surface area contributed by atoms with Crippen molar-refractivity contribution in [1.29, 1.82) is 0 Å². The van der Waals surface area contributed by atoms with Crippen molar-refractivity contribution in [1.82, 2.24) is 5.32 Å². The van der Waals surface area contributed by atoms with E-state index in [1.54, 1.807) is 4.90 Å². The molecule has 2 amide bonds. The molecule has 0 aromatic heterocycles. The Morgan fingerprint density at radius 1 is 1.15 bits per heavy atom. The van der Waals surface area contributed by atoms with Crippen LogP contribution in [-0.4, -0.2) is 18.4 Å². The number of carbonyl (C=O) groups excluding carboxylic acids is 2. The van der Waals surface area contributed by atoms with E-state index in [2.05, 4.69) is 25.2 Å². The van der Waals surface area contributed by atoms with Gasteiger partial charge in [0.2, 0.25) is 11.8 Å². The highest BCUT2D eigenvalue weighted by Crippen LogP contribution is 2.34. The van der Waals surface area contributed by atoms with Crippen molar-refractivity contribution in [3.05, 3.63) is 64.7 Å². The average molecular weight is 364 g/mol. The smallest absolute Gasteiger partial charge is 0.227 e. The molecule has 0 aliphatic carbocycles. The van der Waals surface area contributed by atoms with Gasteiger partial charge in [-0.3, -0.25) is 9.59 Å². The van der Waals surface area contributed by atoms with Gasteiger partial charge >= 0.3 is 0 Å². The molecule has 1 aliphatic heterocycles. The van der Waals surface area contributed by atoms with Gasteiger partial charge in [0.15, 0.2) is 0 Å². The third-order valence-corrected chi connectivity index (χ3v) is 5.24. The quantitative estimate of drug-likeness (QED) is 0.868. The van der Waals surface area contributed by atoms with Crippen LogP contribution in [0.15, 0.2) is 42.5 Å². The van der Waals surface area contributed by atoms with Crippen molar-refractivity contribution in [2.24, 2.45) is 5.92 Å². The Labute approximate surface area is 161 Å². The van der Waals surface area contributed by atoms with E-state index in [-0.39, 0.29) is 24.2 Å². The lowest BCUT2D eigenvalue weighted by Crippen LogP contribution is -2.33. The molecule has 142 valence electrons. The van der Waals surface area contributed by atoms with Crippen molar-refractivity contribution in [2.75, 3.05) is 11.4 Å². The van der Waals surface area contributed by atoms with Crippen molar-refractivity contribution in [2.45, 2.75) is 46.6 Å². The van der Waals surface area contributed by atoms with Crippen LogP contribution in [0.3, 0.4) is 0 Å². The molecule has 1 N–H and O–H groups in total. The van der Waals surface area contributed by atoms with Crippen molar-refractivity contribution >= 4 is 17.5 Å². The normalized spacial score (nSPS) is 16.9. The van der Waals surface area contributed by atoms with E-state index in [1.165, 1.54) is 5.56 Å². The number of anilines is 1. The number of para-hydroxylation sites is 1. The molecule has 1 atom stereocenters. The molecule has 4 nitrogen and oxygen atoms in total. The molecule has 27 heavy (non-hydrogen) atoms. The van der Waals surface area contributed by atoms with Gasteiger partial charge in [-0.15, -0.1) is 0 Å². The fraction of sp³-hybridized carbons (Fsp3) is 0.391. The monoisotopic (exact) mass is 364 g/mol. The lowest BCUT2D eigenvalue weighted by atomic mass is 9.97. The molecule has 0 saturated carbocycles. The molecule has 0 radical (unpaired) electrons. The van der Waals surface area contributed by atoms with E-state index < -0.39 is 0 Å². The Morgan fingerprint density at radius 3 is 2.52 bits per heavy atom. The molecular weight excluding hydrogens is 336 g/mol. The van der Waals surface area contributed by atoms with Crippen molar-refractivity contribution < 1.29 is 9.59 Å². The van der Waals surface area contributed by atoms with E-state index in [9.17, 15) is 9.59 Å². The van der Waals surface area contributed by atoms with E-state index in [0.717, 1.165) is 22.4 Å². The summed E-state index contributed by atoms with van der Waals surface area (Å²) < 4.78 is 0. The molecule has 2 aromatic rings. The number of amides is 2. The highest BCUT2D eigenvalue weighted by atomic mass is 16.2. The van der Waals surface area contributed by atoms with Crippen LogP contribution in [0.4, 0.5) is 5.69 Å². The van der Waals surface area contributed by atoms with Gasteiger partial charge in [0.1, 0.15) is 0 Å². The second-order valence-corrected chi connectivity index (χ2v) is 7.78. The summed E-state index contributed by atoms with van der Waals surface area (Å²) in [6, 6.07) is 14.2. The molecule has 1 aliphatic rings. The summed E-state index contributed by atoms with van der Waals surface area (Å²) in [7, 11) is 0. The SMILES string of the molecule is Cc1ccc(CNC(=O)C2CC(=O)N(c3c(C)cccc3C(C)C)C2)cc1. The minimum absolute atomic E-state index is 0.0293. The number of hydrogen-bond donors (Lipinski definition) is 1. The first-order valence-electron chi connectivity index (χ1n) is 9.60. The summed E-state index contributed by atoms with van der Waals surface area (Å²) in [5.74, 6) is -0.00234. The molecule has 1 saturated heterocycles. The summed E-state index contributed by atoms with van der Waals surface area (Å²) in [5, 5.41) is 2.99. The minimum Gasteiger partial charge on any atom is -0.352 e. The molecule has 0 spiro atoms. The van der Waals surface area contributed by atoms with Gasteiger partial charge in [0, 0.05) is 25.2 Å². The van der Waals surface area contributed by atoms with Gasteiger partial charge < -0.3 is 10.2 Å². The molecule has 1 heterocycles. The predicted octanol–water partition coefficient (Wildman–Crippen LogP) is 4.10. The fourth-order valence-electron chi connectivity index (χ4n) is 3.66. The topological polar surface area (TPSA) is 49.4 Å². The summed E-state index contributed by atoms with van der Waals surface area (Å²) in [6.07, 6.45) is 0.269. The number of nitrogens with zero attached hydrogens (tertiary/aromatic N) is 1. The zero-order valence-electron chi connectivity index (χ0n) is 16.6. The van der Waals surface area contributed by atoms with Crippen LogP contribution in [0.5, 0.6) is 0 Å². The first-order chi connectivity index (χ1) is 12.9. The molecule has 4 heteroatoms.